The highest BCUT2D eigenvalue weighted by atomic mass is 16.6. The van der Waals surface area contributed by atoms with Gasteiger partial charge >= 0.3 is 5.97 Å². The van der Waals surface area contributed by atoms with E-state index in [1.54, 1.807) is 0 Å². The third kappa shape index (κ3) is 44.8. The van der Waals surface area contributed by atoms with Crippen LogP contribution >= 0.6 is 0 Å². The molecule has 0 radical (unpaired) electrons. The van der Waals surface area contributed by atoms with Crippen molar-refractivity contribution in [1.82, 2.24) is 0 Å². The molecule has 0 saturated carbocycles. The fourth-order valence-corrected chi connectivity index (χ4v) is 5.30. The summed E-state index contributed by atoms with van der Waals surface area (Å²) in [5.41, 5.74) is 0. The van der Waals surface area contributed by atoms with Crippen molar-refractivity contribution in [2.45, 2.75) is 161 Å². The van der Waals surface area contributed by atoms with Gasteiger partial charge in [-0.1, -0.05) is 173 Å². The molecule has 0 bridgehead atoms. The Hall–Kier alpha value is -3.47. The van der Waals surface area contributed by atoms with Crippen LogP contribution < -0.4 is 0 Å². The van der Waals surface area contributed by atoms with E-state index in [9.17, 15) is 9.90 Å². The first-order valence-corrected chi connectivity index (χ1v) is 21.8. The fraction of sp³-hybridized carbons (Fsp3) is 0.549. The minimum Gasteiger partial charge on any atom is -0.457 e. The summed E-state index contributed by atoms with van der Waals surface area (Å²) in [6.07, 6.45) is 70.8. The molecule has 4 nitrogen and oxygen atoms in total. The highest BCUT2D eigenvalue weighted by Crippen LogP contribution is 2.11. The maximum Gasteiger partial charge on any atom is 0.306 e. The number of unbranched alkanes of at least 4 members (excludes halogenated alkanes) is 8. The lowest BCUT2D eigenvalue weighted by Crippen LogP contribution is -2.27. The summed E-state index contributed by atoms with van der Waals surface area (Å²) in [5.74, 6) is -0.237. The number of rotatable bonds is 38. The first kappa shape index (κ1) is 51.5. The number of hydrogen-bond donors (Lipinski definition) is 1. The van der Waals surface area contributed by atoms with Crippen molar-refractivity contribution in [1.29, 1.82) is 0 Å². The van der Waals surface area contributed by atoms with Crippen LogP contribution in [0.1, 0.15) is 155 Å². The largest absolute Gasteiger partial charge is 0.457 e. The predicted molar refractivity (Wildman–Crippen MR) is 241 cm³/mol. The highest BCUT2D eigenvalue weighted by Gasteiger charge is 2.13. The molecule has 0 rings (SSSR count). The topological polar surface area (TPSA) is 55.8 Å². The summed E-state index contributed by atoms with van der Waals surface area (Å²) in [6.45, 7) is 4.97. The minimum atomic E-state index is -0.577. The SMILES string of the molecule is CC/C=C\C/C=C\C/C=C\C/C=C\C/C=C\C/C=C\C/C=C\CCCCOCC(CO)OC(=O)CCCCCCCC/C=C\C/C=C\C/C=C\C/C=C\CC. The normalized spacial score (nSPS) is 13.7. The molecule has 0 saturated heterocycles. The van der Waals surface area contributed by atoms with E-state index in [-0.39, 0.29) is 19.2 Å². The third-order valence-electron chi connectivity index (χ3n) is 8.47. The molecule has 0 aliphatic heterocycles. The molecule has 1 N–H and O–H groups in total. The van der Waals surface area contributed by atoms with Crippen LogP contribution in [0.25, 0.3) is 0 Å². The number of hydrogen-bond acceptors (Lipinski definition) is 4. The van der Waals surface area contributed by atoms with Crippen LogP contribution in [0.3, 0.4) is 0 Å². The lowest BCUT2D eigenvalue weighted by molar-refractivity contribution is -0.154. The summed E-state index contributed by atoms with van der Waals surface area (Å²) in [7, 11) is 0. The second kappa shape index (κ2) is 46.7. The summed E-state index contributed by atoms with van der Waals surface area (Å²) < 4.78 is 11.1. The van der Waals surface area contributed by atoms with Gasteiger partial charge in [-0.25, -0.2) is 0 Å². The molecule has 0 aliphatic rings. The van der Waals surface area contributed by atoms with Crippen molar-refractivity contribution in [3.63, 3.8) is 0 Å². The second-order valence-electron chi connectivity index (χ2n) is 13.6. The smallest absolute Gasteiger partial charge is 0.306 e. The van der Waals surface area contributed by atoms with Crippen LogP contribution in [-0.4, -0.2) is 37.0 Å². The van der Waals surface area contributed by atoms with Crippen LogP contribution in [-0.2, 0) is 14.3 Å². The Balaban J connectivity index is 3.63. The second-order valence-corrected chi connectivity index (χ2v) is 13.6. The average molecular weight is 757 g/mol. The van der Waals surface area contributed by atoms with Gasteiger partial charge in [0.05, 0.1) is 13.2 Å². The van der Waals surface area contributed by atoms with Crippen molar-refractivity contribution in [3.8, 4) is 0 Å². The molecule has 0 aliphatic carbocycles. The molecule has 0 aromatic carbocycles. The molecule has 0 amide bonds. The standard InChI is InChI=1S/C51H80O4/c1-3-5-7-9-11-13-15-17-19-21-23-24-25-26-27-29-31-33-35-37-39-41-43-45-47-54-49-50(48-52)55-51(53)46-44-42-40-38-36-34-32-30-28-22-20-18-16-14-12-10-8-6-4-2/h5-8,11-14,17-20,23-24,26-28,30-31,33,37,39,50,52H,3-4,9-10,15-16,21-22,25,29,32,34-36,38,40-49H2,1-2H3/b7-5-,8-6-,13-11-,14-12-,19-17-,20-18-,24-23-,27-26-,30-28-,33-31-,39-37-. The molecule has 308 valence electrons. The maximum absolute atomic E-state index is 12.2. The van der Waals surface area contributed by atoms with E-state index in [0.29, 0.717) is 13.0 Å². The van der Waals surface area contributed by atoms with Gasteiger partial charge in [0.1, 0.15) is 6.10 Å². The zero-order chi connectivity index (χ0) is 39.8. The predicted octanol–water partition coefficient (Wildman–Crippen LogP) is 14.6. The van der Waals surface area contributed by atoms with Crippen LogP contribution in [0, 0.1) is 0 Å². The first-order chi connectivity index (χ1) is 27.2. The Labute approximate surface area is 339 Å². The van der Waals surface area contributed by atoms with Crippen LogP contribution in [0.5, 0.6) is 0 Å². The van der Waals surface area contributed by atoms with Gasteiger partial charge in [-0.2, -0.15) is 0 Å². The van der Waals surface area contributed by atoms with Gasteiger partial charge in [-0.05, 0) is 109 Å². The summed E-state index contributed by atoms with van der Waals surface area (Å²) >= 11 is 0. The zero-order valence-electron chi connectivity index (χ0n) is 35.1. The van der Waals surface area contributed by atoms with E-state index in [1.165, 1.54) is 19.3 Å². The molecule has 0 fully saturated rings. The van der Waals surface area contributed by atoms with Crippen LogP contribution in [0.4, 0.5) is 0 Å². The Morgan fingerprint density at radius 2 is 0.764 bits per heavy atom. The van der Waals surface area contributed by atoms with Crippen LogP contribution in [0.15, 0.2) is 134 Å². The fourth-order valence-electron chi connectivity index (χ4n) is 5.30. The third-order valence-corrected chi connectivity index (χ3v) is 8.47. The lowest BCUT2D eigenvalue weighted by Gasteiger charge is -2.15. The number of aliphatic hydroxyl groups excluding tert-OH is 1. The van der Waals surface area contributed by atoms with Crippen molar-refractivity contribution < 1.29 is 19.4 Å². The van der Waals surface area contributed by atoms with Crippen LogP contribution in [0.2, 0.25) is 0 Å². The molecular formula is C51H80O4. The quantitative estimate of drug-likeness (QED) is 0.0387. The number of allylic oxidation sites excluding steroid dienone is 22. The van der Waals surface area contributed by atoms with E-state index >= 15 is 0 Å². The zero-order valence-corrected chi connectivity index (χ0v) is 35.1. The van der Waals surface area contributed by atoms with Gasteiger partial charge in [0.25, 0.3) is 0 Å². The van der Waals surface area contributed by atoms with Gasteiger partial charge in [0, 0.05) is 13.0 Å². The Morgan fingerprint density at radius 1 is 0.436 bits per heavy atom. The number of ether oxygens (including phenoxy) is 2. The number of carbonyl (C=O) groups is 1. The average Bonchev–Trinajstić information content (AvgIpc) is 3.19. The van der Waals surface area contributed by atoms with E-state index in [1.807, 2.05) is 0 Å². The molecule has 0 heterocycles. The monoisotopic (exact) mass is 757 g/mol. The van der Waals surface area contributed by atoms with Crippen molar-refractivity contribution in [2.24, 2.45) is 0 Å². The first-order valence-electron chi connectivity index (χ1n) is 21.8. The van der Waals surface area contributed by atoms with Gasteiger partial charge in [0.2, 0.25) is 0 Å². The molecule has 0 aromatic rings. The van der Waals surface area contributed by atoms with Crippen molar-refractivity contribution >= 4 is 5.97 Å². The molecular weight excluding hydrogens is 677 g/mol. The summed E-state index contributed by atoms with van der Waals surface area (Å²) in [6, 6.07) is 0. The summed E-state index contributed by atoms with van der Waals surface area (Å²) in [4.78, 5) is 12.2. The minimum absolute atomic E-state index is 0.206. The van der Waals surface area contributed by atoms with Crippen molar-refractivity contribution in [3.05, 3.63) is 134 Å². The van der Waals surface area contributed by atoms with Gasteiger partial charge in [-0.15, -0.1) is 0 Å². The summed E-state index contributed by atoms with van der Waals surface area (Å²) in [5, 5.41) is 9.61. The van der Waals surface area contributed by atoms with E-state index in [4.69, 9.17) is 9.47 Å². The number of esters is 1. The van der Waals surface area contributed by atoms with Crippen molar-refractivity contribution in [2.75, 3.05) is 19.8 Å². The Bertz CT molecular complexity index is 1160. The maximum atomic E-state index is 12.2. The number of aliphatic hydroxyl groups is 1. The molecule has 55 heavy (non-hydrogen) atoms. The molecule has 1 atom stereocenters. The Kier molecular flexibility index (Phi) is 43.7. The van der Waals surface area contributed by atoms with E-state index < -0.39 is 6.10 Å². The highest BCUT2D eigenvalue weighted by molar-refractivity contribution is 5.69. The van der Waals surface area contributed by atoms with Gasteiger partial charge in [0.15, 0.2) is 0 Å². The van der Waals surface area contributed by atoms with E-state index in [0.717, 1.165) is 116 Å². The Morgan fingerprint density at radius 3 is 1.15 bits per heavy atom. The molecule has 0 aromatic heterocycles. The number of carbonyl (C=O) groups excluding carboxylic acids is 1. The molecule has 1 unspecified atom stereocenters. The lowest BCUT2D eigenvalue weighted by atomic mass is 10.1. The van der Waals surface area contributed by atoms with Gasteiger partial charge < -0.3 is 14.6 Å². The van der Waals surface area contributed by atoms with E-state index in [2.05, 4.69) is 148 Å². The van der Waals surface area contributed by atoms with Gasteiger partial charge in [-0.3, -0.25) is 4.79 Å². The molecule has 0 spiro atoms. The molecule has 4 heteroatoms.